The maximum Gasteiger partial charge on any atom is 0.410 e. The summed E-state index contributed by atoms with van der Waals surface area (Å²) >= 11 is 0. The Morgan fingerprint density at radius 1 is 1.06 bits per heavy atom. The standard InChI is InChI=1S/C33H48FN5O8S/c1-2-24-18-33(24,31(43)38-48(45,46)22-35-16-11-9-7-5-3-4-6-8-10-15-29(40)41)37-30(42)28-17-25(19-36-28)47-32(44)39-20-23-13-12-14-27(34)26(23)21-39/h2,12-14,24-25,28,35-36H,1,3-11,15-22H2,(H,37,42)(H,38,43)(H,40,41)/t24-,25-,28?,33-/m1/s1. The van der Waals surface area contributed by atoms with E-state index in [1.807, 2.05) is 0 Å². The van der Waals surface area contributed by atoms with E-state index in [9.17, 15) is 32.0 Å². The summed E-state index contributed by atoms with van der Waals surface area (Å²) in [5.41, 5.74) is -0.260. The van der Waals surface area contributed by atoms with Gasteiger partial charge in [-0.25, -0.2) is 22.3 Å². The zero-order valence-corrected chi connectivity index (χ0v) is 28.1. The molecule has 1 unspecified atom stereocenters. The van der Waals surface area contributed by atoms with Crippen LogP contribution in [0.2, 0.25) is 0 Å². The average molecular weight is 694 g/mol. The van der Waals surface area contributed by atoms with Crippen LogP contribution in [-0.2, 0) is 42.2 Å². The lowest BCUT2D eigenvalue weighted by Crippen LogP contribution is -2.56. The van der Waals surface area contributed by atoms with Crippen LogP contribution in [-0.4, -0.2) is 79.0 Å². The number of ether oxygens (including phenoxy) is 1. The first-order valence-corrected chi connectivity index (χ1v) is 18.5. The molecule has 1 aromatic rings. The van der Waals surface area contributed by atoms with Crippen LogP contribution in [0.5, 0.6) is 0 Å². The second-order valence-corrected chi connectivity index (χ2v) is 14.7. The summed E-state index contributed by atoms with van der Waals surface area (Å²) < 4.78 is 47.1. The van der Waals surface area contributed by atoms with Gasteiger partial charge in [-0.1, -0.05) is 63.2 Å². The van der Waals surface area contributed by atoms with E-state index in [1.54, 1.807) is 12.1 Å². The van der Waals surface area contributed by atoms with Gasteiger partial charge in [-0.05, 0) is 37.4 Å². The fourth-order valence-corrected chi connectivity index (χ4v) is 7.25. The first kappa shape index (κ1) is 37.3. The Kier molecular flexibility index (Phi) is 13.4. The Balaban J connectivity index is 1.12. The van der Waals surface area contributed by atoms with Crippen LogP contribution in [0.3, 0.4) is 0 Å². The second kappa shape index (κ2) is 17.2. The molecule has 1 saturated carbocycles. The minimum atomic E-state index is -4.02. The predicted molar refractivity (Wildman–Crippen MR) is 175 cm³/mol. The zero-order chi connectivity index (χ0) is 34.7. The van der Waals surface area contributed by atoms with Crippen LogP contribution in [0.15, 0.2) is 30.9 Å². The number of carboxylic acid groups (broad SMARTS) is 1. The van der Waals surface area contributed by atoms with E-state index >= 15 is 0 Å². The molecular weight excluding hydrogens is 645 g/mol. The van der Waals surface area contributed by atoms with Gasteiger partial charge >= 0.3 is 12.1 Å². The average Bonchev–Trinajstić information content (AvgIpc) is 3.33. The Morgan fingerprint density at radius 3 is 2.40 bits per heavy atom. The number of hydrogen-bond acceptors (Lipinski definition) is 9. The van der Waals surface area contributed by atoms with Gasteiger partial charge in [0.05, 0.1) is 12.6 Å². The van der Waals surface area contributed by atoms with Gasteiger partial charge < -0.3 is 25.8 Å². The summed E-state index contributed by atoms with van der Waals surface area (Å²) in [6.45, 7) is 4.73. The third-order valence-corrected chi connectivity index (χ3v) is 10.3. The van der Waals surface area contributed by atoms with Crippen LogP contribution in [0.4, 0.5) is 9.18 Å². The molecule has 1 saturated heterocycles. The number of hydrogen-bond donors (Lipinski definition) is 5. The third kappa shape index (κ3) is 10.5. The maximum atomic E-state index is 14.1. The van der Waals surface area contributed by atoms with E-state index in [-0.39, 0.29) is 44.7 Å². The number of unbranched alkanes of at least 4 members (excludes halogenated alkanes) is 8. The molecule has 48 heavy (non-hydrogen) atoms. The summed E-state index contributed by atoms with van der Waals surface area (Å²) in [6, 6.07) is 3.93. The summed E-state index contributed by atoms with van der Waals surface area (Å²) in [6.07, 6.45) is 9.54. The van der Waals surface area contributed by atoms with Crippen molar-refractivity contribution >= 4 is 33.9 Å². The summed E-state index contributed by atoms with van der Waals surface area (Å²) in [4.78, 5) is 51.0. The zero-order valence-electron chi connectivity index (χ0n) is 27.3. The van der Waals surface area contributed by atoms with Crippen molar-refractivity contribution in [3.63, 3.8) is 0 Å². The van der Waals surface area contributed by atoms with E-state index < -0.39 is 63.4 Å². The predicted octanol–water partition coefficient (Wildman–Crippen LogP) is 3.05. The molecule has 0 spiro atoms. The highest BCUT2D eigenvalue weighted by molar-refractivity contribution is 7.90. The number of carbonyl (C=O) groups is 4. The molecule has 3 amide bonds. The Hall–Kier alpha value is -3.56. The SMILES string of the molecule is C=C[C@@H]1C[C@]1(NC(=O)C1C[C@@H](OC(=O)N2Cc3cccc(F)c3C2)CN1)C(=O)NS(=O)(=O)CNCCCCCCCCCCCC(=O)O. The fraction of sp³-hybridized carbons (Fsp3) is 0.636. The van der Waals surface area contributed by atoms with Gasteiger partial charge in [0.2, 0.25) is 15.9 Å². The van der Waals surface area contributed by atoms with E-state index in [0.29, 0.717) is 12.1 Å². The molecule has 0 bridgehead atoms. The second-order valence-electron chi connectivity index (χ2n) is 13.0. The van der Waals surface area contributed by atoms with Crippen molar-refractivity contribution in [1.82, 2.24) is 25.6 Å². The number of sulfonamides is 1. The number of carboxylic acids is 1. The minimum Gasteiger partial charge on any atom is -0.481 e. The Bertz CT molecular complexity index is 1440. The number of fused-ring (bicyclic) bond motifs is 1. The number of aliphatic carboxylic acids is 1. The van der Waals surface area contributed by atoms with E-state index in [0.717, 1.165) is 63.4 Å². The van der Waals surface area contributed by atoms with Crippen LogP contribution in [0.25, 0.3) is 0 Å². The number of nitrogens with one attached hydrogen (secondary N) is 4. The monoisotopic (exact) mass is 693 g/mol. The fourth-order valence-electron chi connectivity index (χ4n) is 6.30. The molecule has 3 aliphatic rings. The van der Waals surface area contributed by atoms with E-state index in [2.05, 4.69) is 27.3 Å². The number of halogens is 1. The highest BCUT2D eigenvalue weighted by Gasteiger charge is 2.61. The number of benzene rings is 1. The summed E-state index contributed by atoms with van der Waals surface area (Å²) in [5.74, 6) is -3.35. The molecule has 2 aliphatic heterocycles. The largest absolute Gasteiger partial charge is 0.481 e. The molecule has 13 nitrogen and oxygen atoms in total. The lowest BCUT2D eigenvalue weighted by atomic mass is 10.1. The van der Waals surface area contributed by atoms with Crippen molar-refractivity contribution in [2.24, 2.45) is 5.92 Å². The quantitative estimate of drug-likeness (QED) is 0.101. The van der Waals surface area contributed by atoms with Gasteiger partial charge in [-0.2, -0.15) is 0 Å². The minimum absolute atomic E-state index is 0.102. The van der Waals surface area contributed by atoms with Crippen LogP contribution in [0.1, 0.15) is 88.2 Å². The molecule has 0 aromatic heterocycles. The van der Waals surface area contributed by atoms with Crippen molar-refractivity contribution < 1.29 is 41.8 Å². The highest BCUT2D eigenvalue weighted by atomic mass is 32.2. The van der Waals surface area contributed by atoms with Crippen molar-refractivity contribution in [2.75, 3.05) is 19.0 Å². The number of carbonyl (C=O) groups excluding carboxylic acids is 3. The molecule has 4 rings (SSSR count). The molecule has 1 aliphatic carbocycles. The Labute approximate surface area is 281 Å². The molecule has 5 N–H and O–H groups in total. The summed E-state index contributed by atoms with van der Waals surface area (Å²) in [7, 11) is -4.02. The molecule has 4 atom stereocenters. The lowest BCUT2D eigenvalue weighted by Gasteiger charge is -2.21. The molecule has 2 heterocycles. The van der Waals surface area contributed by atoms with Gasteiger partial charge in [0, 0.05) is 37.4 Å². The number of nitrogens with zero attached hydrogens (tertiary/aromatic N) is 1. The third-order valence-electron chi connectivity index (χ3n) is 9.19. The normalized spacial score (nSPS) is 22.9. The lowest BCUT2D eigenvalue weighted by molar-refractivity contribution is -0.137. The van der Waals surface area contributed by atoms with Gasteiger partial charge in [-0.3, -0.25) is 19.3 Å². The van der Waals surface area contributed by atoms with Crippen molar-refractivity contribution in [2.45, 2.75) is 108 Å². The molecule has 2 fully saturated rings. The van der Waals surface area contributed by atoms with Crippen molar-refractivity contribution in [3.05, 3.63) is 47.8 Å². The number of amides is 3. The Morgan fingerprint density at radius 2 is 1.75 bits per heavy atom. The molecule has 15 heteroatoms. The van der Waals surface area contributed by atoms with Crippen LogP contribution in [0, 0.1) is 11.7 Å². The van der Waals surface area contributed by atoms with Gasteiger partial charge in [0.1, 0.15) is 23.3 Å². The highest BCUT2D eigenvalue weighted by Crippen LogP contribution is 2.45. The van der Waals surface area contributed by atoms with Gasteiger partial charge in [0.15, 0.2) is 0 Å². The number of rotatable bonds is 20. The van der Waals surface area contributed by atoms with Gasteiger partial charge in [-0.15, -0.1) is 6.58 Å². The first-order valence-electron chi connectivity index (χ1n) is 16.8. The molecule has 266 valence electrons. The molecule has 0 radical (unpaired) electrons. The maximum absolute atomic E-state index is 14.1. The van der Waals surface area contributed by atoms with Crippen molar-refractivity contribution in [1.29, 1.82) is 0 Å². The molecule has 1 aromatic carbocycles. The summed E-state index contributed by atoms with van der Waals surface area (Å²) in [5, 5.41) is 17.2. The van der Waals surface area contributed by atoms with Crippen LogP contribution >= 0.6 is 0 Å². The smallest absolute Gasteiger partial charge is 0.410 e. The van der Waals surface area contributed by atoms with Crippen molar-refractivity contribution in [3.8, 4) is 0 Å². The van der Waals surface area contributed by atoms with Crippen LogP contribution < -0.4 is 20.7 Å². The van der Waals surface area contributed by atoms with E-state index in [1.165, 1.54) is 17.0 Å². The topological polar surface area (TPSA) is 183 Å². The molecular formula is C33H48FN5O8S. The van der Waals surface area contributed by atoms with Gasteiger partial charge in [0.25, 0.3) is 5.91 Å². The first-order chi connectivity index (χ1) is 22.9. The van der Waals surface area contributed by atoms with E-state index in [4.69, 9.17) is 9.84 Å².